The van der Waals surface area contributed by atoms with Crippen LogP contribution in [0.2, 0.25) is 5.02 Å². The summed E-state index contributed by atoms with van der Waals surface area (Å²) in [5, 5.41) is 11.9. The van der Waals surface area contributed by atoms with Crippen LogP contribution in [0.5, 0.6) is 0 Å². The maximum Gasteiger partial charge on any atom is 0.392 e. The quantitative estimate of drug-likeness (QED) is 0.516. The number of anilines is 1. The highest BCUT2D eigenvalue weighted by Gasteiger charge is 2.50. The minimum absolute atomic E-state index is 0.0581. The number of rotatable bonds is 7. The van der Waals surface area contributed by atoms with Gasteiger partial charge in [-0.3, -0.25) is 9.59 Å². The van der Waals surface area contributed by atoms with E-state index in [0.717, 1.165) is 6.92 Å². The average molecular weight is 458 g/mol. The first-order valence-corrected chi connectivity index (χ1v) is 9.96. The smallest absolute Gasteiger partial charge is 0.392 e. The molecule has 0 saturated heterocycles. The van der Waals surface area contributed by atoms with E-state index in [1.165, 1.54) is 42.5 Å². The molecule has 166 valence electrons. The molecular formula is C22H20ClF4NO3. The SMILES string of the molecule is C[C@H](C(C(=O)Nc1cccc(CC2(C(=O)O)CC2)c1F)c1ccc(Cl)cc1)C(F)(F)F. The zero-order valence-electron chi connectivity index (χ0n) is 16.5. The normalized spacial score (nSPS) is 17.0. The van der Waals surface area contributed by atoms with Gasteiger partial charge in [0, 0.05) is 5.02 Å². The molecule has 1 fully saturated rings. The Morgan fingerprint density at radius 3 is 2.29 bits per heavy atom. The van der Waals surface area contributed by atoms with E-state index in [-0.39, 0.29) is 23.2 Å². The molecule has 1 aliphatic carbocycles. The summed E-state index contributed by atoms with van der Waals surface area (Å²) in [6, 6.07) is 9.47. The summed E-state index contributed by atoms with van der Waals surface area (Å²) in [5.74, 6) is -6.57. The Morgan fingerprint density at radius 1 is 1.16 bits per heavy atom. The van der Waals surface area contributed by atoms with Crippen molar-refractivity contribution in [2.24, 2.45) is 11.3 Å². The van der Waals surface area contributed by atoms with Crippen LogP contribution in [-0.4, -0.2) is 23.2 Å². The average Bonchev–Trinajstić information content (AvgIpc) is 3.47. The van der Waals surface area contributed by atoms with E-state index in [9.17, 15) is 32.3 Å². The summed E-state index contributed by atoms with van der Waals surface area (Å²) in [6.07, 6.45) is -3.89. The molecule has 9 heteroatoms. The molecule has 0 heterocycles. The third-order valence-corrected chi connectivity index (χ3v) is 5.95. The molecule has 0 radical (unpaired) electrons. The molecule has 0 spiro atoms. The summed E-state index contributed by atoms with van der Waals surface area (Å²) >= 11 is 5.80. The zero-order chi connectivity index (χ0) is 23.0. The lowest BCUT2D eigenvalue weighted by molar-refractivity contribution is -0.178. The van der Waals surface area contributed by atoms with Crippen molar-refractivity contribution in [3.63, 3.8) is 0 Å². The fourth-order valence-corrected chi connectivity index (χ4v) is 3.66. The molecule has 31 heavy (non-hydrogen) atoms. The number of benzene rings is 2. The molecule has 3 rings (SSSR count). The molecule has 0 aliphatic heterocycles. The lowest BCUT2D eigenvalue weighted by atomic mass is 9.85. The summed E-state index contributed by atoms with van der Waals surface area (Å²) in [6.45, 7) is 0.884. The summed E-state index contributed by atoms with van der Waals surface area (Å²) in [4.78, 5) is 24.2. The maximum atomic E-state index is 15.0. The number of carboxylic acids is 1. The third kappa shape index (κ3) is 5.01. The maximum absolute atomic E-state index is 15.0. The summed E-state index contributed by atoms with van der Waals surface area (Å²) < 4.78 is 55.3. The second-order valence-electron chi connectivity index (χ2n) is 7.89. The van der Waals surface area contributed by atoms with Crippen molar-refractivity contribution >= 4 is 29.2 Å². The predicted molar refractivity (Wildman–Crippen MR) is 107 cm³/mol. The Bertz CT molecular complexity index is 987. The fraction of sp³-hybridized carbons (Fsp3) is 0.364. The first-order valence-electron chi connectivity index (χ1n) is 9.58. The number of halogens is 5. The Labute approximate surface area is 181 Å². The van der Waals surface area contributed by atoms with Crippen LogP contribution < -0.4 is 5.32 Å². The number of amides is 1. The molecule has 1 amide bonds. The van der Waals surface area contributed by atoms with Gasteiger partial charge in [-0.05, 0) is 48.6 Å². The molecule has 0 aromatic heterocycles. The van der Waals surface area contributed by atoms with E-state index < -0.39 is 41.1 Å². The second kappa shape index (κ2) is 8.49. The van der Waals surface area contributed by atoms with E-state index in [2.05, 4.69) is 5.32 Å². The largest absolute Gasteiger partial charge is 0.481 e. The summed E-state index contributed by atoms with van der Waals surface area (Å²) in [7, 11) is 0. The van der Waals surface area contributed by atoms with Crippen molar-refractivity contribution in [1.82, 2.24) is 0 Å². The molecule has 1 saturated carbocycles. The molecule has 2 aromatic rings. The van der Waals surface area contributed by atoms with Gasteiger partial charge in [0.05, 0.1) is 22.9 Å². The highest BCUT2D eigenvalue weighted by atomic mass is 35.5. The number of carboxylic acid groups (broad SMARTS) is 1. The van der Waals surface area contributed by atoms with Gasteiger partial charge in [0.2, 0.25) is 5.91 Å². The highest BCUT2D eigenvalue weighted by Crippen LogP contribution is 2.49. The van der Waals surface area contributed by atoms with Gasteiger partial charge in [-0.2, -0.15) is 13.2 Å². The first kappa shape index (κ1) is 23.1. The third-order valence-electron chi connectivity index (χ3n) is 5.70. The highest BCUT2D eigenvalue weighted by molar-refractivity contribution is 6.30. The van der Waals surface area contributed by atoms with Crippen molar-refractivity contribution in [1.29, 1.82) is 0 Å². The minimum Gasteiger partial charge on any atom is -0.481 e. The van der Waals surface area contributed by atoms with Gasteiger partial charge < -0.3 is 10.4 Å². The Hall–Kier alpha value is -2.61. The van der Waals surface area contributed by atoms with Crippen LogP contribution in [0, 0.1) is 17.2 Å². The topological polar surface area (TPSA) is 66.4 Å². The van der Waals surface area contributed by atoms with E-state index >= 15 is 0 Å². The van der Waals surface area contributed by atoms with Crippen LogP contribution in [0.25, 0.3) is 0 Å². The van der Waals surface area contributed by atoms with Gasteiger partial charge in [0.25, 0.3) is 0 Å². The first-order chi connectivity index (χ1) is 14.4. The molecule has 4 nitrogen and oxygen atoms in total. The number of alkyl halides is 3. The van der Waals surface area contributed by atoms with E-state index in [1.54, 1.807) is 0 Å². The van der Waals surface area contributed by atoms with Crippen LogP contribution >= 0.6 is 11.6 Å². The molecule has 1 unspecified atom stereocenters. The van der Waals surface area contributed by atoms with Crippen molar-refractivity contribution in [3.8, 4) is 0 Å². The molecule has 2 atom stereocenters. The number of carbonyl (C=O) groups excluding carboxylic acids is 1. The standard InChI is InChI=1S/C22H20ClF4NO3/c1-12(22(25,26)27)17(13-5-7-15(23)8-6-13)19(29)28-16-4-2-3-14(18(16)24)11-21(9-10-21)20(30)31/h2-8,12,17H,9-11H2,1H3,(H,28,29)(H,30,31)/t12-,17?/m1/s1. The monoisotopic (exact) mass is 457 g/mol. The van der Waals surface area contributed by atoms with Gasteiger partial charge in [-0.1, -0.05) is 42.8 Å². The Balaban J connectivity index is 1.89. The predicted octanol–water partition coefficient (Wildman–Crippen LogP) is 5.81. The van der Waals surface area contributed by atoms with Gasteiger partial charge in [-0.15, -0.1) is 0 Å². The van der Waals surface area contributed by atoms with E-state index in [1.807, 2.05) is 0 Å². The number of hydrogen-bond acceptors (Lipinski definition) is 2. The van der Waals surface area contributed by atoms with Crippen LogP contribution in [0.3, 0.4) is 0 Å². The fourth-order valence-electron chi connectivity index (χ4n) is 3.53. The lowest BCUT2D eigenvalue weighted by Gasteiger charge is -2.26. The van der Waals surface area contributed by atoms with Crippen molar-refractivity contribution in [2.75, 3.05) is 5.32 Å². The lowest BCUT2D eigenvalue weighted by Crippen LogP contribution is -2.34. The molecule has 1 aliphatic rings. The number of aliphatic carboxylic acids is 1. The number of hydrogen-bond donors (Lipinski definition) is 2. The van der Waals surface area contributed by atoms with Gasteiger partial charge >= 0.3 is 12.1 Å². The van der Waals surface area contributed by atoms with E-state index in [4.69, 9.17) is 11.6 Å². The van der Waals surface area contributed by atoms with Gasteiger partial charge in [-0.25, -0.2) is 4.39 Å². The van der Waals surface area contributed by atoms with Gasteiger partial charge in [0.15, 0.2) is 0 Å². The van der Waals surface area contributed by atoms with E-state index in [0.29, 0.717) is 17.9 Å². The van der Waals surface area contributed by atoms with Crippen LogP contribution in [0.15, 0.2) is 42.5 Å². The van der Waals surface area contributed by atoms with Crippen LogP contribution in [0.4, 0.5) is 23.2 Å². The minimum atomic E-state index is -4.66. The zero-order valence-corrected chi connectivity index (χ0v) is 17.2. The number of carbonyl (C=O) groups is 2. The molecule has 2 aromatic carbocycles. The van der Waals surface area contributed by atoms with Crippen molar-refractivity contribution < 1.29 is 32.3 Å². The number of nitrogens with one attached hydrogen (secondary N) is 1. The molecule has 0 bridgehead atoms. The van der Waals surface area contributed by atoms with Crippen molar-refractivity contribution in [2.45, 2.75) is 38.3 Å². The van der Waals surface area contributed by atoms with Crippen molar-refractivity contribution in [3.05, 3.63) is 64.4 Å². The van der Waals surface area contributed by atoms with Gasteiger partial charge in [0.1, 0.15) is 5.82 Å². The molecular weight excluding hydrogens is 438 g/mol. The Morgan fingerprint density at radius 2 is 1.77 bits per heavy atom. The second-order valence-corrected chi connectivity index (χ2v) is 8.33. The summed E-state index contributed by atoms with van der Waals surface area (Å²) in [5.41, 5.74) is -1.15. The van der Waals surface area contributed by atoms with Crippen LogP contribution in [-0.2, 0) is 16.0 Å². The Kier molecular flexibility index (Phi) is 6.32. The van der Waals surface area contributed by atoms with Crippen LogP contribution in [0.1, 0.15) is 36.8 Å². The molecule has 2 N–H and O–H groups in total.